The van der Waals surface area contributed by atoms with Crippen molar-refractivity contribution in [2.45, 2.75) is 12.8 Å². The minimum absolute atomic E-state index is 0.0886. The Morgan fingerprint density at radius 2 is 1.71 bits per heavy atom. The quantitative estimate of drug-likeness (QED) is 0.751. The van der Waals surface area contributed by atoms with Gasteiger partial charge in [0.2, 0.25) is 0 Å². The van der Waals surface area contributed by atoms with Crippen molar-refractivity contribution in [3.05, 3.63) is 64.7 Å². The van der Waals surface area contributed by atoms with Gasteiger partial charge in [-0.15, -0.1) is 0 Å². The Labute approximate surface area is 128 Å². The van der Waals surface area contributed by atoms with Crippen LogP contribution in [0.4, 0.5) is 0 Å². The molecular formula is C17H15ClO3. The number of carbonyl (C=O) groups is 2. The summed E-state index contributed by atoms with van der Waals surface area (Å²) in [5, 5.41) is 0.413. The van der Waals surface area contributed by atoms with Gasteiger partial charge in [0.05, 0.1) is 12.1 Å². The van der Waals surface area contributed by atoms with Crippen LogP contribution in [0.25, 0.3) is 0 Å². The van der Waals surface area contributed by atoms with E-state index in [4.69, 9.17) is 16.3 Å². The Morgan fingerprint density at radius 3 is 2.43 bits per heavy atom. The van der Waals surface area contributed by atoms with Gasteiger partial charge in [-0.1, -0.05) is 35.9 Å². The molecule has 0 aliphatic heterocycles. The molecule has 3 nitrogen and oxygen atoms in total. The normalized spacial score (nSPS) is 10.2. The molecule has 0 spiro atoms. The van der Waals surface area contributed by atoms with Crippen LogP contribution in [0.3, 0.4) is 0 Å². The molecule has 0 saturated carbocycles. The predicted molar refractivity (Wildman–Crippen MR) is 82.3 cm³/mol. The molecule has 0 aliphatic rings. The molecule has 0 atom stereocenters. The van der Waals surface area contributed by atoms with E-state index >= 15 is 0 Å². The number of carbonyl (C=O) groups excluding carboxylic acids is 2. The summed E-state index contributed by atoms with van der Waals surface area (Å²) in [5.74, 6) is 0.407. The molecule has 2 rings (SSSR count). The lowest BCUT2D eigenvalue weighted by atomic mass is 10.0. The molecule has 2 aromatic rings. The van der Waals surface area contributed by atoms with E-state index in [0.29, 0.717) is 21.9 Å². The second kappa shape index (κ2) is 7.04. The van der Waals surface area contributed by atoms with Crippen molar-refractivity contribution in [3.8, 4) is 5.75 Å². The molecule has 0 bridgehead atoms. The first-order chi connectivity index (χ1) is 10.1. The monoisotopic (exact) mass is 302 g/mol. The summed E-state index contributed by atoms with van der Waals surface area (Å²) in [5.41, 5.74) is 0.999. The van der Waals surface area contributed by atoms with E-state index in [-0.39, 0.29) is 24.4 Å². The van der Waals surface area contributed by atoms with E-state index in [1.807, 2.05) is 0 Å². The van der Waals surface area contributed by atoms with Gasteiger partial charge in [-0.25, -0.2) is 0 Å². The van der Waals surface area contributed by atoms with Gasteiger partial charge in [0, 0.05) is 24.0 Å². The Bertz CT molecular complexity index is 665. The SMILES string of the molecule is COc1cccc(C(=O)CCC(=O)c2ccccc2Cl)c1. The second-order valence-electron chi connectivity index (χ2n) is 4.56. The lowest BCUT2D eigenvalue weighted by molar-refractivity contribution is 0.0917. The second-order valence-corrected chi connectivity index (χ2v) is 4.97. The number of halogens is 1. The smallest absolute Gasteiger partial charge is 0.164 e. The van der Waals surface area contributed by atoms with Crippen LogP contribution in [0.2, 0.25) is 5.02 Å². The number of hydrogen-bond acceptors (Lipinski definition) is 3. The highest BCUT2D eigenvalue weighted by molar-refractivity contribution is 6.34. The summed E-state index contributed by atoms with van der Waals surface area (Å²) in [6.07, 6.45) is 0.289. The van der Waals surface area contributed by atoms with E-state index in [9.17, 15) is 9.59 Å². The van der Waals surface area contributed by atoms with Crippen molar-refractivity contribution in [1.29, 1.82) is 0 Å². The summed E-state index contributed by atoms with van der Waals surface area (Å²) in [4.78, 5) is 24.2. The molecule has 21 heavy (non-hydrogen) atoms. The zero-order valence-electron chi connectivity index (χ0n) is 11.6. The molecule has 0 aliphatic carbocycles. The third kappa shape index (κ3) is 3.92. The first-order valence-corrected chi connectivity index (χ1v) is 6.94. The molecule has 0 fully saturated rings. The summed E-state index contributed by atoms with van der Waals surface area (Å²) >= 11 is 5.97. The summed E-state index contributed by atoms with van der Waals surface area (Å²) in [7, 11) is 1.55. The van der Waals surface area contributed by atoms with Crippen LogP contribution in [0.1, 0.15) is 33.6 Å². The lowest BCUT2D eigenvalue weighted by Gasteiger charge is -2.05. The van der Waals surface area contributed by atoms with Crippen LogP contribution in [-0.4, -0.2) is 18.7 Å². The number of hydrogen-bond donors (Lipinski definition) is 0. The number of methoxy groups -OCH3 is 1. The third-order valence-corrected chi connectivity index (χ3v) is 3.47. The highest BCUT2D eigenvalue weighted by Gasteiger charge is 2.13. The van der Waals surface area contributed by atoms with Crippen LogP contribution in [0.15, 0.2) is 48.5 Å². The van der Waals surface area contributed by atoms with Crippen LogP contribution in [0.5, 0.6) is 5.75 Å². The van der Waals surface area contributed by atoms with Crippen molar-refractivity contribution in [3.63, 3.8) is 0 Å². The number of ether oxygens (including phenoxy) is 1. The number of benzene rings is 2. The minimum Gasteiger partial charge on any atom is -0.497 e. The lowest BCUT2D eigenvalue weighted by Crippen LogP contribution is -2.06. The molecule has 0 aromatic heterocycles. The van der Waals surface area contributed by atoms with E-state index in [2.05, 4.69) is 0 Å². The first kappa shape index (κ1) is 15.3. The fourth-order valence-electron chi connectivity index (χ4n) is 1.99. The standard InChI is InChI=1S/C17H15ClO3/c1-21-13-6-4-5-12(11-13)16(19)9-10-17(20)14-7-2-3-8-15(14)18/h2-8,11H,9-10H2,1H3. The average Bonchev–Trinajstić information content (AvgIpc) is 2.52. The van der Waals surface area contributed by atoms with Gasteiger partial charge in [-0.05, 0) is 24.3 Å². The van der Waals surface area contributed by atoms with Gasteiger partial charge >= 0.3 is 0 Å². The molecule has 2 aromatic carbocycles. The van der Waals surface area contributed by atoms with Crippen LogP contribution in [0, 0.1) is 0 Å². The fourth-order valence-corrected chi connectivity index (χ4v) is 2.23. The van der Waals surface area contributed by atoms with Gasteiger partial charge in [0.1, 0.15) is 5.75 Å². The van der Waals surface area contributed by atoms with Gasteiger partial charge < -0.3 is 4.74 Å². The van der Waals surface area contributed by atoms with Crippen LogP contribution < -0.4 is 4.74 Å². The van der Waals surface area contributed by atoms with Crippen molar-refractivity contribution in [1.82, 2.24) is 0 Å². The Morgan fingerprint density at radius 1 is 1.00 bits per heavy atom. The number of Topliss-reactive ketones (excluding diaryl/α,β-unsaturated/α-hetero) is 2. The molecule has 0 N–H and O–H groups in total. The maximum atomic E-state index is 12.1. The Balaban J connectivity index is 2.01. The third-order valence-electron chi connectivity index (χ3n) is 3.15. The van der Waals surface area contributed by atoms with E-state index < -0.39 is 0 Å². The number of ketones is 2. The number of rotatable bonds is 6. The summed E-state index contributed by atoms with van der Waals surface area (Å²) in [6, 6.07) is 13.8. The minimum atomic E-state index is -0.128. The molecule has 0 heterocycles. The molecule has 0 amide bonds. The highest BCUT2D eigenvalue weighted by Crippen LogP contribution is 2.19. The van der Waals surface area contributed by atoms with Gasteiger partial charge in [-0.2, -0.15) is 0 Å². The van der Waals surface area contributed by atoms with E-state index in [1.165, 1.54) is 0 Å². The summed E-state index contributed by atoms with van der Waals surface area (Å²) in [6.45, 7) is 0. The molecule has 0 unspecified atom stereocenters. The fraction of sp³-hybridized carbons (Fsp3) is 0.176. The van der Waals surface area contributed by atoms with Crippen molar-refractivity contribution in [2.24, 2.45) is 0 Å². The maximum Gasteiger partial charge on any atom is 0.164 e. The van der Waals surface area contributed by atoms with E-state index in [1.54, 1.807) is 55.6 Å². The molecular weight excluding hydrogens is 288 g/mol. The van der Waals surface area contributed by atoms with Crippen molar-refractivity contribution in [2.75, 3.05) is 7.11 Å². The zero-order valence-corrected chi connectivity index (χ0v) is 12.4. The van der Waals surface area contributed by atoms with Crippen molar-refractivity contribution < 1.29 is 14.3 Å². The molecule has 0 radical (unpaired) electrons. The average molecular weight is 303 g/mol. The first-order valence-electron chi connectivity index (χ1n) is 6.57. The topological polar surface area (TPSA) is 43.4 Å². The van der Waals surface area contributed by atoms with Gasteiger partial charge in [0.25, 0.3) is 0 Å². The van der Waals surface area contributed by atoms with Gasteiger partial charge in [0.15, 0.2) is 11.6 Å². The van der Waals surface area contributed by atoms with E-state index in [0.717, 1.165) is 0 Å². The zero-order chi connectivity index (χ0) is 15.2. The predicted octanol–water partition coefficient (Wildman–Crippen LogP) is 4.19. The van der Waals surface area contributed by atoms with Crippen molar-refractivity contribution >= 4 is 23.2 Å². The highest BCUT2D eigenvalue weighted by atomic mass is 35.5. The van der Waals surface area contributed by atoms with Gasteiger partial charge in [-0.3, -0.25) is 9.59 Å². The Kier molecular flexibility index (Phi) is 5.12. The van der Waals surface area contributed by atoms with Crippen LogP contribution in [-0.2, 0) is 0 Å². The Hall–Kier alpha value is -2.13. The maximum absolute atomic E-state index is 12.1. The largest absolute Gasteiger partial charge is 0.497 e. The summed E-state index contributed by atoms with van der Waals surface area (Å²) < 4.78 is 5.08. The molecule has 4 heteroatoms. The molecule has 0 saturated heterocycles. The van der Waals surface area contributed by atoms with Crippen LogP contribution >= 0.6 is 11.6 Å². The molecule has 108 valence electrons.